The summed E-state index contributed by atoms with van der Waals surface area (Å²) in [5.74, 6) is 6.31. The maximum absolute atomic E-state index is 12.3. The third-order valence-corrected chi connectivity index (χ3v) is 6.21. The molecule has 31 heavy (non-hydrogen) atoms. The van der Waals surface area contributed by atoms with Crippen molar-refractivity contribution in [3.05, 3.63) is 12.2 Å². The van der Waals surface area contributed by atoms with Crippen LogP contribution in [-0.4, -0.2) is 45.2 Å². The average Bonchev–Trinajstić information content (AvgIpc) is 3.07. The Morgan fingerprint density at radius 3 is 2.65 bits per heavy atom. The van der Waals surface area contributed by atoms with Gasteiger partial charge >= 0.3 is 0 Å². The molecule has 3 N–H and O–H groups in total. The number of hydrogen-bond donors (Lipinski definition) is 3. The highest BCUT2D eigenvalue weighted by molar-refractivity contribution is 5.83. The fourth-order valence-corrected chi connectivity index (χ4v) is 4.40. The predicted molar refractivity (Wildman–Crippen MR) is 123 cm³/mol. The van der Waals surface area contributed by atoms with Gasteiger partial charge in [-0.3, -0.25) is 9.59 Å². The Morgan fingerprint density at radius 1 is 1.23 bits per heavy atom. The van der Waals surface area contributed by atoms with Crippen LogP contribution in [0.25, 0.3) is 0 Å². The maximum atomic E-state index is 12.3. The number of carbonyl (C=O) groups is 2. The second-order valence-corrected chi connectivity index (χ2v) is 9.06. The molecule has 1 aliphatic carbocycles. The minimum Gasteiger partial charge on any atom is -0.393 e. The molecular formula is C26H42O5. The highest BCUT2D eigenvalue weighted by Gasteiger charge is 2.32. The van der Waals surface area contributed by atoms with E-state index in [0.717, 1.165) is 57.8 Å². The molecule has 0 heterocycles. The van der Waals surface area contributed by atoms with Crippen molar-refractivity contribution in [2.24, 2.45) is 11.8 Å². The van der Waals surface area contributed by atoms with Gasteiger partial charge in [0, 0.05) is 25.2 Å². The Hall–Kier alpha value is -1.48. The van der Waals surface area contributed by atoms with Crippen LogP contribution in [0.1, 0.15) is 97.3 Å². The quantitative estimate of drug-likeness (QED) is 0.193. The standard InChI is InChI=1S/C26H42O5/c1-3-17-26(31,18-9-8-11-21(2)28)19-10-12-22-15-16-25(30)24(22)14-7-5-4-6-13-23(29)20-27/h10,12,21-22,24,27-28,31H,4-9,11,13-16,18-20H2,1-2H3/t21?,22-,24+,26-/m0/s1. The Labute approximate surface area is 188 Å². The van der Waals surface area contributed by atoms with Gasteiger partial charge < -0.3 is 15.3 Å². The molecule has 0 radical (unpaired) electrons. The first-order chi connectivity index (χ1) is 14.8. The third kappa shape index (κ3) is 11.6. The third-order valence-electron chi connectivity index (χ3n) is 6.21. The molecule has 0 amide bonds. The molecule has 0 aromatic rings. The van der Waals surface area contributed by atoms with Crippen molar-refractivity contribution in [1.82, 2.24) is 0 Å². The van der Waals surface area contributed by atoms with Crippen LogP contribution >= 0.6 is 0 Å². The Morgan fingerprint density at radius 2 is 1.97 bits per heavy atom. The number of unbranched alkanes of at least 4 members (excludes halogenated alkanes) is 4. The lowest BCUT2D eigenvalue weighted by Crippen LogP contribution is -2.26. The molecule has 0 aromatic carbocycles. The Balaban J connectivity index is 2.45. The van der Waals surface area contributed by atoms with Gasteiger partial charge in [-0.2, -0.15) is 0 Å². The minimum absolute atomic E-state index is 0.0618. The van der Waals surface area contributed by atoms with Crippen LogP contribution in [0.3, 0.4) is 0 Å². The van der Waals surface area contributed by atoms with Gasteiger partial charge in [-0.15, -0.1) is 5.92 Å². The Bertz CT molecular complexity index is 627. The first kappa shape index (κ1) is 27.6. The number of aliphatic hydroxyl groups is 3. The molecule has 1 rings (SSSR count). The summed E-state index contributed by atoms with van der Waals surface area (Å²) in [5.41, 5.74) is -1.05. The van der Waals surface area contributed by atoms with Crippen LogP contribution in [-0.2, 0) is 9.59 Å². The number of carbonyl (C=O) groups excluding carboxylic acids is 2. The van der Waals surface area contributed by atoms with Crippen LogP contribution in [0.4, 0.5) is 0 Å². The molecular weight excluding hydrogens is 392 g/mol. The van der Waals surface area contributed by atoms with Crippen molar-refractivity contribution >= 4 is 11.6 Å². The van der Waals surface area contributed by atoms with Gasteiger partial charge in [0.1, 0.15) is 18.0 Å². The number of allylic oxidation sites excluding steroid dienone is 1. The minimum atomic E-state index is -1.05. The molecule has 1 aliphatic rings. The topological polar surface area (TPSA) is 94.8 Å². The second-order valence-electron chi connectivity index (χ2n) is 9.06. The van der Waals surface area contributed by atoms with Crippen molar-refractivity contribution in [1.29, 1.82) is 0 Å². The fourth-order valence-electron chi connectivity index (χ4n) is 4.40. The molecule has 4 atom stereocenters. The van der Waals surface area contributed by atoms with Gasteiger partial charge in [0.15, 0.2) is 5.78 Å². The van der Waals surface area contributed by atoms with E-state index in [1.54, 1.807) is 13.8 Å². The summed E-state index contributed by atoms with van der Waals surface area (Å²) in [7, 11) is 0. The van der Waals surface area contributed by atoms with Gasteiger partial charge in [-0.05, 0) is 58.3 Å². The Kier molecular flexibility index (Phi) is 13.6. The summed E-state index contributed by atoms with van der Waals surface area (Å²) >= 11 is 0. The van der Waals surface area contributed by atoms with E-state index in [1.165, 1.54) is 0 Å². The molecule has 1 saturated carbocycles. The van der Waals surface area contributed by atoms with E-state index in [4.69, 9.17) is 5.11 Å². The summed E-state index contributed by atoms with van der Waals surface area (Å²) in [4.78, 5) is 23.4. The molecule has 0 bridgehead atoms. The summed E-state index contributed by atoms with van der Waals surface area (Å²) in [5, 5.41) is 29.0. The van der Waals surface area contributed by atoms with Gasteiger partial charge in [-0.1, -0.05) is 43.8 Å². The summed E-state index contributed by atoms with van der Waals surface area (Å²) < 4.78 is 0. The van der Waals surface area contributed by atoms with Crippen LogP contribution < -0.4 is 0 Å². The molecule has 176 valence electrons. The normalized spacial score (nSPS) is 21.6. The molecule has 0 spiro atoms. The lowest BCUT2D eigenvalue weighted by molar-refractivity contribution is -0.122. The summed E-state index contributed by atoms with van der Waals surface area (Å²) in [6.45, 7) is 3.14. The molecule has 5 heteroatoms. The lowest BCUT2D eigenvalue weighted by Gasteiger charge is -2.21. The van der Waals surface area contributed by atoms with E-state index in [0.29, 0.717) is 31.5 Å². The number of ketones is 2. The van der Waals surface area contributed by atoms with E-state index in [9.17, 15) is 19.8 Å². The van der Waals surface area contributed by atoms with Gasteiger partial charge in [0.2, 0.25) is 0 Å². The molecule has 0 aliphatic heterocycles. The van der Waals surface area contributed by atoms with Crippen molar-refractivity contribution in [2.45, 2.75) is 109 Å². The molecule has 0 aromatic heterocycles. The molecule has 1 fully saturated rings. The number of rotatable bonds is 16. The van der Waals surface area contributed by atoms with Crippen LogP contribution in [0.2, 0.25) is 0 Å². The lowest BCUT2D eigenvalue weighted by atomic mass is 9.88. The zero-order valence-electron chi connectivity index (χ0n) is 19.4. The fraction of sp³-hybridized carbons (Fsp3) is 0.769. The van der Waals surface area contributed by atoms with E-state index >= 15 is 0 Å². The number of hydrogen-bond acceptors (Lipinski definition) is 5. The smallest absolute Gasteiger partial charge is 0.158 e. The average molecular weight is 435 g/mol. The zero-order chi connectivity index (χ0) is 23.1. The first-order valence-electron chi connectivity index (χ1n) is 12.0. The number of Topliss-reactive ketones (excluding diaryl/α,β-unsaturated/α-hetero) is 2. The SMILES string of the molecule is CC#C[C@@](O)(CC=C[C@H]1CCC(=O)[C@@H]1CCCCCCC(=O)CO)CCCCC(C)O. The molecule has 0 saturated heterocycles. The van der Waals surface area contributed by atoms with Gasteiger partial charge in [0.05, 0.1) is 6.10 Å². The highest BCUT2D eigenvalue weighted by atomic mass is 16.3. The molecule has 5 nitrogen and oxygen atoms in total. The van der Waals surface area contributed by atoms with E-state index < -0.39 is 5.60 Å². The van der Waals surface area contributed by atoms with Crippen molar-refractivity contribution in [3.63, 3.8) is 0 Å². The van der Waals surface area contributed by atoms with Crippen LogP contribution in [0.5, 0.6) is 0 Å². The van der Waals surface area contributed by atoms with E-state index in [1.807, 2.05) is 6.08 Å². The highest BCUT2D eigenvalue weighted by Crippen LogP contribution is 2.34. The van der Waals surface area contributed by atoms with Gasteiger partial charge in [-0.25, -0.2) is 0 Å². The van der Waals surface area contributed by atoms with Gasteiger partial charge in [0.25, 0.3) is 0 Å². The largest absolute Gasteiger partial charge is 0.393 e. The van der Waals surface area contributed by atoms with E-state index in [-0.39, 0.29) is 30.3 Å². The maximum Gasteiger partial charge on any atom is 0.158 e. The summed E-state index contributed by atoms with van der Waals surface area (Å²) in [6.07, 6.45) is 13.8. The number of aliphatic hydroxyl groups excluding tert-OH is 2. The molecule has 1 unspecified atom stereocenters. The van der Waals surface area contributed by atoms with E-state index in [2.05, 4.69) is 17.9 Å². The predicted octanol–water partition coefficient (Wildman–Crippen LogP) is 4.13. The second kappa shape index (κ2) is 15.3. The van der Waals surface area contributed by atoms with Crippen LogP contribution in [0, 0.1) is 23.7 Å². The van der Waals surface area contributed by atoms with Crippen LogP contribution in [0.15, 0.2) is 12.2 Å². The van der Waals surface area contributed by atoms with Crippen molar-refractivity contribution < 1.29 is 24.9 Å². The monoisotopic (exact) mass is 434 g/mol. The summed E-state index contributed by atoms with van der Waals surface area (Å²) in [6, 6.07) is 0. The van der Waals surface area contributed by atoms with Crippen molar-refractivity contribution in [3.8, 4) is 11.8 Å². The first-order valence-corrected chi connectivity index (χ1v) is 12.0. The zero-order valence-corrected chi connectivity index (χ0v) is 19.4. The van der Waals surface area contributed by atoms with Crippen molar-refractivity contribution in [2.75, 3.05) is 6.61 Å².